The Bertz CT molecular complexity index is 122. The Morgan fingerprint density at radius 3 is 2.17 bits per heavy atom. The molecule has 72 valence electrons. The first-order chi connectivity index (χ1) is 5.77. The van der Waals surface area contributed by atoms with Crippen LogP contribution in [0.25, 0.3) is 0 Å². The van der Waals surface area contributed by atoms with Crippen molar-refractivity contribution in [1.29, 1.82) is 0 Å². The van der Waals surface area contributed by atoms with Crippen LogP contribution in [0.1, 0.15) is 20.3 Å². The molecule has 0 aromatic carbocycles. The monoisotopic (exact) mass is 188 g/mol. The zero-order chi connectivity index (χ0) is 8.97. The molecule has 1 rings (SSSR count). The molecule has 3 heteroatoms. The lowest BCUT2D eigenvalue weighted by Crippen LogP contribution is -2.48. The van der Waals surface area contributed by atoms with E-state index >= 15 is 0 Å². The Morgan fingerprint density at radius 2 is 1.75 bits per heavy atom. The van der Waals surface area contributed by atoms with Gasteiger partial charge in [0.1, 0.15) is 0 Å². The summed E-state index contributed by atoms with van der Waals surface area (Å²) in [7, 11) is 0. The quantitative estimate of drug-likeness (QED) is 0.667. The Morgan fingerprint density at radius 1 is 1.17 bits per heavy atom. The van der Waals surface area contributed by atoms with Crippen LogP contribution in [0.5, 0.6) is 0 Å². The third kappa shape index (κ3) is 2.64. The van der Waals surface area contributed by atoms with Gasteiger partial charge in [0, 0.05) is 26.2 Å². The molecule has 1 fully saturated rings. The first-order valence-electron chi connectivity index (χ1n) is 4.92. The predicted molar refractivity (Wildman–Crippen MR) is 56.8 cm³/mol. The van der Waals surface area contributed by atoms with Gasteiger partial charge in [-0.3, -0.25) is 4.90 Å². The summed E-state index contributed by atoms with van der Waals surface area (Å²) in [6, 6.07) is 0. The summed E-state index contributed by atoms with van der Waals surface area (Å²) in [6.07, 6.45) is 1.15. The average Bonchev–Trinajstić information content (AvgIpc) is 2.17. The molecule has 0 saturated carbocycles. The van der Waals surface area contributed by atoms with Crippen molar-refractivity contribution < 1.29 is 0 Å². The molecule has 0 aromatic rings. The summed E-state index contributed by atoms with van der Waals surface area (Å²) in [5.41, 5.74) is 0. The van der Waals surface area contributed by atoms with Crippen molar-refractivity contribution in [1.82, 2.24) is 9.80 Å². The highest BCUT2D eigenvalue weighted by Crippen LogP contribution is 2.11. The molecule has 1 aliphatic heterocycles. The van der Waals surface area contributed by atoms with Gasteiger partial charge in [-0.15, -0.1) is 0 Å². The van der Waals surface area contributed by atoms with Gasteiger partial charge in [-0.25, -0.2) is 0 Å². The van der Waals surface area contributed by atoms with Crippen molar-refractivity contribution in [3.63, 3.8) is 0 Å². The van der Waals surface area contributed by atoms with E-state index in [0.29, 0.717) is 5.37 Å². The number of nitrogens with zero attached hydrogens (tertiary/aromatic N) is 2. The molecule has 0 aromatic heterocycles. The van der Waals surface area contributed by atoms with Crippen LogP contribution in [-0.4, -0.2) is 47.9 Å². The standard InChI is InChI=1S/C9H20N2S/c1-3-9(12)11-7-5-10(4-2)6-8-11/h9,12H,3-8H2,1-2H3. The number of piperazine rings is 1. The molecule has 2 nitrogen and oxygen atoms in total. The number of likely N-dealkylation sites (N-methyl/N-ethyl adjacent to an activating group) is 1. The van der Waals surface area contributed by atoms with Gasteiger partial charge in [-0.2, -0.15) is 12.6 Å². The maximum atomic E-state index is 4.54. The van der Waals surface area contributed by atoms with Gasteiger partial charge in [0.2, 0.25) is 0 Å². The van der Waals surface area contributed by atoms with E-state index in [1.807, 2.05) is 0 Å². The minimum Gasteiger partial charge on any atom is -0.301 e. The number of thiol groups is 1. The maximum Gasteiger partial charge on any atom is 0.0526 e. The van der Waals surface area contributed by atoms with E-state index in [1.165, 1.54) is 32.7 Å². The van der Waals surface area contributed by atoms with E-state index < -0.39 is 0 Å². The highest BCUT2D eigenvalue weighted by molar-refractivity contribution is 7.80. The lowest BCUT2D eigenvalue weighted by Gasteiger charge is -2.36. The largest absolute Gasteiger partial charge is 0.301 e. The fourth-order valence-corrected chi connectivity index (χ4v) is 1.87. The summed E-state index contributed by atoms with van der Waals surface area (Å²) >= 11 is 4.54. The maximum absolute atomic E-state index is 4.54. The number of rotatable bonds is 3. The van der Waals surface area contributed by atoms with Gasteiger partial charge in [0.15, 0.2) is 0 Å². The Labute approximate surface area is 81.3 Å². The van der Waals surface area contributed by atoms with Crippen LogP contribution in [0, 0.1) is 0 Å². The fraction of sp³-hybridized carbons (Fsp3) is 1.00. The molecule has 12 heavy (non-hydrogen) atoms. The zero-order valence-electron chi connectivity index (χ0n) is 8.16. The molecule has 1 heterocycles. The SMILES string of the molecule is CCC(S)N1CCN(CC)CC1. The van der Waals surface area contributed by atoms with Gasteiger partial charge in [-0.05, 0) is 13.0 Å². The molecule has 1 saturated heterocycles. The van der Waals surface area contributed by atoms with Crippen LogP contribution in [0.3, 0.4) is 0 Å². The first-order valence-corrected chi connectivity index (χ1v) is 5.44. The highest BCUT2D eigenvalue weighted by atomic mass is 32.1. The van der Waals surface area contributed by atoms with Crippen molar-refractivity contribution in [2.45, 2.75) is 25.6 Å². The van der Waals surface area contributed by atoms with Gasteiger partial charge < -0.3 is 4.90 Å². The van der Waals surface area contributed by atoms with Gasteiger partial charge in [0.25, 0.3) is 0 Å². The topological polar surface area (TPSA) is 6.48 Å². The minimum absolute atomic E-state index is 0.476. The summed E-state index contributed by atoms with van der Waals surface area (Å²) in [5, 5.41) is 0.476. The first kappa shape index (κ1) is 10.4. The molecule has 1 atom stereocenters. The van der Waals surface area contributed by atoms with Crippen LogP contribution in [-0.2, 0) is 0 Å². The Balaban J connectivity index is 2.25. The molecular formula is C9H20N2S. The zero-order valence-corrected chi connectivity index (χ0v) is 9.06. The van der Waals surface area contributed by atoms with Crippen molar-refractivity contribution in [3.8, 4) is 0 Å². The van der Waals surface area contributed by atoms with Crippen LogP contribution in [0.4, 0.5) is 0 Å². The summed E-state index contributed by atoms with van der Waals surface area (Å²) in [6.45, 7) is 10.4. The normalized spacial score (nSPS) is 24.2. The van der Waals surface area contributed by atoms with Crippen molar-refractivity contribution in [3.05, 3.63) is 0 Å². The Kier molecular flexibility index (Phi) is 4.40. The summed E-state index contributed by atoms with van der Waals surface area (Å²) < 4.78 is 0. The van der Waals surface area contributed by atoms with Crippen molar-refractivity contribution >= 4 is 12.6 Å². The molecule has 1 aliphatic rings. The number of hydrogen-bond acceptors (Lipinski definition) is 3. The molecular weight excluding hydrogens is 168 g/mol. The van der Waals surface area contributed by atoms with E-state index in [0.717, 1.165) is 6.42 Å². The third-order valence-electron chi connectivity index (χ3n) is 2.64. The predicted octanol–water partition coefficient (Wildman–Crippen LogP) is 1.29. The molecule has 0 N–H and O–H groups in total. The number of hydrogen-bond donors (Lipinski definition) is 1. The average molecular weight is 188 g/mol. The molecule has 0 aliphatic carbocycles. The van der Waals surface area contributed by atoms with Gasteiger partial charge in [0.05, 0.1) is 5.37 Å². The van der Waals surface area contributed by atoms with Crippen molar-refractivity contribution in [2.24, 2.45) is 0 Å². The smallest absolute Gasteiger partial charge is 0.0526 e. The van der Waals surface area contributed by atoms with Crippen molar-refractivity contribution in [2.75, 3.05) is 32.7 Å². The van der Waals surface area contributed by atoms with Crippen LogP contribution >= 0.6 is 12.6 Å². The van der Waals surface area contributed by atoms with E-state index in [-0.39, 0.29) is 0 Å². The molecule has 0 radical (unpaired) electrons. The lowest BCUT2D eigenvalue weighted by atomic mass is 10.3. The van der Waals surface area contributed by atoms with Gasteiger partial charge >= 0.3 is 0 Å². The second-order valence-electron chi connectivity index (χ2n) is 3.36. The lowest BCUT2D eigenvalue weighted by molar-refractivity contribution is 0.128. The van der Waals surface area contributed by atoms with E-state index in [2.05, 4.69) is 36.3 Å². The second-order valence-corrected chi connectivity index (χ2v) is 3.96. The minimum atomic E-state index is 0.476. The van der Waals surface area contributed by atoms with Crippen LogP contribution < -0.4 is 0 Å². The van der Waals surface area contributed by atoms with Crippen LogP contribution in [0.2, 0.25) is 0 Å². The molecule has 0 amide bonds. The molecule has 0 bridgehead atoms. The van der Waals surface area contributed by atoms with E-state index in [4.69, 9.17) is 0 Å². The third-order valence-corrected chi connectivity index (χ3v) is 3.33. The second kappa shape index (κ2) is 5.10. The van der Waals surface area contributed by atoms with Gasteiger partial charge in [-0.1, -0.05) is 13.8 Å². The summed E-state index contributed by atoms with van der Waals surface area (Å²) in [4.78, 5) is 4.96. The van der Waals surface area contributed by atoms with E-state index in [9.17, 15) is 0 Å². The Hall–Kier alpha value is 0.270. The van der Waals surface area contributed by atoms with E-state index in [1.54, 1.807) is 0 Å². The highest BCUT2D eigenvalue weighted by Gasteiger charge is 2.18. The van der Waals surface area contributed by atoms with Crippen LogP contribution in [0.15, 0.2) is 0 Å². The fourth-order valence-electron chi connectivity index (χ4n) is 1.64. The molecule has 0 spiro atoms. The molecule has 1 unspecified atom stereocenters. The summed E-state index contributed by atoms with van der Waals surface area (Å²) in [5.74, 6) is 0.